The third-order valence-corrected chi connectivity index (χ3v) is 1.79. The number of nitrogens with two attached hydrogens (primary N) is 1. The first kappa shape index (κ1) is 10.8. The highest BCUT2D eigenvalue weighted by Crippen LogP contribution is 2.18. The topological polar surface area (TPSA) is 68.0 Å². The van der Waals surface area contributed by atoms with Crippen LogP contribution in [0.3, 0.4) is 0 Å². The van der Waals surface area contributed by atoms with Crippen LogP contribution in [0.2, 0.25) is 5.15 Å². The number of nitrogens with one attached hydrogen (secondary N) is 1. The minimum atomic E-state index is -0.516. The summed E-state index contributed by atoms with van der Waals surface area (Å²) in [6.45, 7) is 3.91. The van der Waals surface area contributed by atoms with E-state index in [4.69, 9.17) is 17.3 Å². The summed E-state index contributed by atoms with van der Waals surface area (Å²) in [7, 11) is 0. The Balaban J connectivity index is 3.09. The molecule has 0 radical (unpaired) electrons. The highest BCUT2D eigenvalue weighted by molar-refractivity contribution is 6.29. The first-order valence-corrected chi connectivity index (χ1v) is 4.60. The Bertz CT molecular complexity index is 352. The Labute approximate surface area is 87.5 Å². The molecule has 0 aliphatic rings. The lowest BCUT2D eigenvalue weighted by molar-refractivity contribution is 0.100. The predicted molar refractivity (Wildman–Crippen MR) is 56.5 cm³/mol. The van der Waals surface area contributed by atoms with Gasteiger partial charge < -0.3 is 11.1 Å². The second-order valence-corrected chi connectivity index (χ2v) is 3.60. The van der Waals surface area contributed by atoms with Gasteiger partial charge in [-0.15, -0.1) is 0 Å². The summed E-state index contributed by atoms with van der Waals surface area (Å²) in [5.74, 6) is -0.516. The van der Waals surface area contributed by atoms with E-state index in [0.29, 0.717) is 16.4 Å². The zero-order valence-corrected chi connectivity index (χ0v) is 8.80. The third-order valence-electron chi connectivity index (χ3n) is 1.58. The van der Waals surface area contributed by atoms with Crippen LogP contribution in [0.4, 0.5) is 5.69 Å². The van der Waals surface area contributed by atoms with E-state index in [-0.39, 0.29) is 6.04 Å². The van der Waals surface area contributed by atoms with E-state index in [1.54, 1.807) is 6.07 Å². The zero-order chi connectivity index (χ0) is 10.7. The van der Waals surface area contributed by atoms with Crippen molar-refractivity contribution in [2.24, 2.45) is 5.73 Å². The summed E-state index contributed by atoms with van der Waals surface area (Å²) in [5, 5.41) is 3.40. The largest absolute Gasteiger partial charge is 0.382 e. The maximum Gasteiger partial charge on any atom is 0.252 e. The van der Waals surface area contributed by atoms with E-state index in [9.17, 15) is 4.79 Å². The van der Waals surface area contributed by atoms with Gasteiger partial charge in [-0.2, -0.15) is 0 Å². The number of aromatic nitrogens is 1. The molecule has 0 spiro atoms. The van der Waals surface area contributed by atoms with Crippen molar-refractivity contribution in [3.63, 3.8) is 0 Å². The van der Waals surface area contributed by atoms with Crippen LogP contribution in [0.15, 0.2) is 12.3 Å². The summed E-state index contributed by atoms with van der Waals surface area (Å²) in [6, 6.07) is 1.79. The number of carbonyl (C=O) groups is 1. The maximum absolute atomic E-state index is 11.0. The highest BCUT2D eigenvalue weighted by Gasteiger charge is 2.09. The Kier molecular flexibility index (Phi) is 3.30. The standard InChI is InChI=1S/C9H12ClN3O/c1-5(2)13-7-3-8(10)12-4-6(7)9(11)14/h3-5H,1-2H3,(H2,11,14)(H,12,13). The molecule has 76 valence electrons. The summed E-state index contributed by atoms with van der Waals surface area (Å²) in [5.41, 5.74) is 6.15. The summed E-state index contributed by atoms with van der Waals surface area (Å²) in [4.78, 5) is 14.8. The number of pyridine rings is 1. The Morgan fingerprint density at radius 2 is 2.29 bits per heavy atom. The molecule has 0 aliphatic heterocycles. The van der Waals surface area contributed by atoms with Crippen molar-refractivity contribution in [1.29, 1.82) is 0 Å². The molecule has 4 nitrogen and oxygen atoms in total. The number of nitrogens with zero attached hydrogens (tertiary/aromatic N) is 1. The molecule has 0 aliphatic carbocycles. The van der Waals surface area contributed by atoms with Gasteiger partial charge in [-0.05, 0) is 19.9 Å². The minimum absolute atomic E-state index is 0.201. The maximum atomic E-state index is 11.0. The minimum Gasteiger partial charge on any atom is -0.382 e. The summed E-state index contributed by atoms with van der Waals surface area (Å²) < 4.78 is 0. The van der Waals surface area contributed by atoms with Crippen molar-refractivity contribution in [3.05, 3.63) is 23.0 Å². The van der Waals surface area contributed by atoms with E-state index < -0.39 is 5.91 Å². The monoisotopic (exact) mass is 213 g/mol. The van der Waals surface area contributed by atoms with Crippen molar-refractivity contribution < 1.29 is 4.79 Å². The van der Waals surface area contributed by atoms with E-state index >= 15 is 0 Å². The molecule has 0 atom stereocenters. The van der Waals surface area contributed by atoms with Crippen LogP contribution >= 0.6 is 11.6 Å². The van der Waals surface area contributed by atoms with Crippen LogP contribution in [0.1, 0.15) is 24.2 Å². The summed E-state index contributed by atoms with van der Waals surface area (Å²) >= 11 is 5.70. The molecule has 1 heterocycles. The molecule has 14 heavy (non-hydrogen) atoms. The van der Waals surface area contributed by atoms with Crippen LogP contribution < -0.4 is 11.1 Å². The average Bonchev–Trinajstić information content (AvgIpc) is 2.01. The lowest BCUT2D eigenvalue weighted by Crippen LogP contribution is -2.18. The first-order valence-electron chi connectivity index (χ1n) is 4.22. The smallest absolute Gasteiger partial charge is 0.252 e. The van der Waals surface area contributed by atoms with Gasteiger partial charge in [0.05, 0.1) is 11.3 Å². The van der Waals surface area contributed by atoms with Gasteiger partial charge in [-0.3, -0.25) is 4.79 Å². The van der Waals surface area contributed by atoms with Crippen LogP contribution in [0.5, 0.6) is 0 Å². The molecular weight excluding hydrogens is 202 g/mol. The second-order valence-electron chi connectivity index (χ2n) is 3.22. The van der Waals surface area contributed by atoms with Crippen molar-refractivity contribution >= 4 is 23.2 Å². The molecule has 1 aromatic heterocycles. The number of amides is 1. The normalized spacial score (nSPS) is 10.3. The number of hydrogen-bond donors (Lipinski definition) is 2. The molecule has 0 fully saturated rings. The number of halogens is 1. The second kappa shape index (κ2) is 4.28. The van der Waals surface area contributed by atoms with Crippen molar-refractivity contribution in [2.45, 2.75) is 19.9 Å². The predicted octanol–water partition coefficient (Wildman–Crippen LogP) is 1.65. The van der Waals surface area contributed by atoms with E-state index in [1.807, 2.05) is 13.8 Å². The van der Waals surface area contributed by atoms with Crippen molar-refractivity contribution in [2.75, 3.05) is 5.32 Å². The Hall–Kier alpha value is -1.29. The molecule has 0 unspecified atom stereocenters. The molecule has 1 aromatic rings. The van der Waals surface area contributed by atoms with Gasteiger partial charge in [0, 0.05) is 12.2 Å². The lowest BCUT2D eigenvalue weighted by Gasteiger charge is -2.12. The molecule has 5 heteroatoms. The number of rotatable bonds is 3. The number of primary amides is 1. The van der Waals surface area contributed by atoms with Gasteiger partial charge in [0.1, 0.15) is 5.15 Å². The highest BCUT2D eigenvalue weighted by atomic mass is 35.5. The van der Waals surface area contributed by atoms with Gasteiger partial charge in [-0.25, -0.2) is 4.98 Å². The van der Waals surface area contributed by atoms with E-state index in [1.165, 1.54) is 6.20 Å². The zero-order valence-electron chi connectivity index (χ0n) is 8.04. The molecule has 0 aromatic carbocycles. The van der Waals surface area contributed by atoms with Crippen molar-refractivity contribution in [1.82, 2.24) is 4.98 Å². The van der Waals surface area contributed by atoms with E-state index in [2.05, 4.69) is 10.3 Å². The molecule has 3 N–H and O–H groups in total. The molecule has 1 amide bonds. The van der Waals surface area contributed by atoms with Gasteiger partial charge in [0.2, 0.25) is 0 Å². The average molecular weight is 214 g/mol. The van der Waals surface area contributed by atoms with Gasteiger partial charge in [0.15, 0.2) is 0 Å². The molecular formula is C9H12ClN3O. The lowest BCUT2D eigenvalue weighted by atomic mass is 10.2. The fourth-order valence-electron chi connectivity index (χ4n) is 1.06. The number of carbonyl (C=O) groups excluding carboxylic acids is 1. The van der Waals surface area contributed by atoms with Crippen molar-refractivity contribution in [3.8, 4) is 0 Å². The molecule has 0 bridgehead atoms. The number of anilines is 1. The molecule has 0 saturated carbocycles. The quantitative estimate of drug-likeness (QED) is 0.751. The Morgan fingerprint density at radius 3 is 2.79 bits per heavy atom. The van der Waals surface area contributed by atoms with Crippen LogP contribution in [0, 0.1) is 0 Å². The summed E-state index contributed by atoms with van der Waals surface area (Å²) in [6.07, 6.45) is 1.37. The van der Waals surface area contributed by atoms with Gasteiger partial charge in [0.25, 0.3) is 5.91 Å². The third kappa shape index (κ3) is 2.60. The van der Waals surface area contributed by atoms with Gasteiger partial charge >= 0.3 is 0 Å². The molecule has 1 rings (SSSR count). The van der Waals surface area contributed by atoms with Crippen LogP contribution in [-0.4, -0.2) is 16.9 Å². The van der Waals surface area contributed by atoms with Gasteiger partial charge in [-0.1, -0.05) is 11.6 Å². The molecule has 0 saturated heterocycles. The Morgan fingerprint density at radius 1 is 1.64 bits per heavy atom. The fraction of sp³-hybridized carbons (Fsp3) is 0.333. The fourth-order valence-corrected chi connectivity index (χ4v) is 1.21. The van der Waals surface area contributed by atoms with E-state index in [0.717, 1.165) is 0 Å². The van der Waals surface area contributed by atoms with Crippen LogP contribution in [0.25, 0.3) is 0 Å². The SMILES string of the molecule is CC(C)Nc1cc(Cl)ncc1C(N)=O. The first-order chi connectivity index (χ1) is 6.50. The number of hydrogen-bond acceptors (Lipinski definition) is 3. The van der Waals surface area contributed by atoms with Crippen LogP contribution in [-0.2, 0) is 0 Å².